The highest BCUT2D eigenvalue weighted by atomic mass is 79.9. The van der Waals surface area contributed by atoms with Crippen LogP contribution >= 0.6 is 15.9 Å². The summed E-state index contributed by atoms with van der Waals surface area (Å²) in [4.78, 5) is 18.7. The Morgan fingerprint density at radius 1 is 1.45 bits per heavy atom. The Balaban J connectivity index is 2.48. The van der Waals surface area contributed by atoms with Gasteiger partial charge in [0.05, 0.1) is 17.1 Å². The first-order valence-corrected chi connectivity index (χ1v) is 7.02. The number of nitrogens with one attached hydrogen (secondary N) is 1. The molecule has 0 amide bonds. The lowest BCUT2D eigenvalue weighted by molar-refractivity contribution is 0.412. The summed E-state index contributed by atoms with van der Waals surface area (Å²) in [7, 11) is 1.57. The van der Waals surface area contributed by atoms with Crippen molar-refractivity contribution < 1.29 is 9.84 Å². The summed E-state index contributed by atoms with van der Waals surface area (Å²) in [5.41, 5.74) is 0.707. The van der Waals surface area contributed by atoms with Gasteiger partial charge in [-0.2, -0.15) is 4.98 Å². The van der Waals surface area contributed by atoms with Crippen LogP contribution in [0.1, 0.15) is 18.9 Å². The molecule has 20 heavy (non-hydrogen) atoms. The van der Waals surface area contributed by atoms with Crippen LogP contribution in [0.25, 0.3) is 11.4 Å². The van der Waals surface area contributed by atoms with Gasteiger partial charge >= 0.3 is 0 Å². The number of aromatic hydroxyl groups is 1. The molecular weight excluding hydrogens is 324 g/mol. The van der Waals surface area contributed by atoms with E-state index in [-0.39, 0.29) is 11.4 Å². The minimum absolute atomic E-state index is 0.211. The minimum Gasteiger partial charge on any atom is -0.496 e. The highest BCUT2D eigenvalue weighted by Crippen LogP contribution is 2.29. The summed E-state index contributed by atoms with van der Waals surface area (Å²) < 4.78 is 5.89. The van der Waals surface area contributed by atoms with Gasteiger partial charge in [-0.1, -0.05) is 13.3 Å². The summed E-state index contributed by atoms with van der Waals surface area (Å²) in [5.74, 6) is 0.802. The van der Waals surface area contributed by atoms with Crippen molar-refractivity contribution in [2.45, 2.75) is 19.8 Å². The fraction of sp³-hybridized carbons (Fsp3) is 0.286. The zero-order valence-electron chi connectivity index (χ0n) is 11.2. The lowest BCUT2D eigenvalue weighted by atomic mass is 10.1. The smallest absolute Gasteiger partial charge is 0.258 e. The SMILES string of the molecule is CCCc1c(O)nc(-c2ccc(OC)c(Br)c2)[nH]c1=O. The van der Waals surface area contributed by atoms with Gasteiger partial charge in [0.2, 0.25) is 5.88 Å². The molecule has 1 heterocycles. The zero-order valence-corrected chi connectivity index (χ0v) is 12.8. The van der Waals surface area contributed by atoms with Crippen molar-refractivity contribution in [2.75, 3.05) is 7.11 Å². The van der Waals surface area contributed by atoms with Crippen molar-refractivity contribution in [1.29, 1.82) is 0 Å². The van der Waals surface area contributed by atoms with Gasteiger partial charge < -0.3 is 14.8 Å². The van der Waals surface area contributed by atoms with E-state index >= 15 is 0 Å². The summed E-state index contributed by atoms with van der Waals surface area (Å²) in [6.07, 6.45) is 1.27. The Kier molecular flexibility index (Phi) is 4.44. The standard InChI is InChI=1S/C14H15BrN2O3/c1-3-4-9-13(18)16-12(17-14(9)19)8-5-6-11(20-2)10(15)7-8/h5-7H,3-4H2,1-2H3,(H2,16,17,18,19). The maximum absolute atomic E-state index is 11.9. The van der Waals surface area contributed by atoms with Crippen LogP contribution < -0.4 is 10.3 Å². The Hall–Kier alpha value is -1.82. The fourth-order valence-corrected chi connectivity index (χ4v) is 2.45. The zero-order chi connectivity index (χ0) is 14.7. The van der Waals surface area contributed by atoms with Crippen molar-refractivity contribution in [3.63, 3.8) is 0 Å². The molecule has 6 heteroatoms. The third-order valence-electron chi connectivity index (χ3n) is 2.92. The highest BCUT2D eigenvalue weighted by molar-refractivity contribution is 9.10. The third kappa shape index (κ3) is 2.85. The molecule has 106 valence electrons. The second kappa shape index (κ2) is 6.09. The summed E-state index contributed by atoms with van der Waals surface area (Å²) in [5, 5.41) is 9.87. The summed E-state index contributed by atoms with van der Waals surface area (Å²) >= 11 is 3.37. The van der Waals surface area contributed by atoms with Crippen molar-refractivity contribution in [3.05, 3.63) is 38.6 Å². The molecule has 1 aromatic heterocycles. The predicted molar refractivity (Wildman–Crippen MR) is 80.2 cm³/mol. The second-order valence-corrected chi connectivity index (χ2v) is 5.17. The molecule has 0 atom stereocenters. The molecule has 0 saturated carbocycles. The van der Waals surface area contributed by atoms with E-state index < -0.39 is 0 Å². The molecule has 0 saturated heterocycles. The molecule has 0 aliphatic heterocycles. The molecule has 5 nitrogen and oxygen atoms in total. The number of hydrogen-bond donors (Lipinski definition) is 2. The molecule has 2 rings (SSSR count). The maximum Gasteiger partial charge on any atom is 0.258 e. The van der Waals surface area contributed by atoms with Gasteiger partial charge in [0, 0.05) is 5.56 Å². The normalized spacial score (nSPS) is 10.6. The van der Waals surface area contributed by atoms with Crippen LogP contribution in [0, 0.1) is 0 Å². The van der Waals surface area contributed by atoms with Crippen LogP contribution in [0.2, 0.25) is 0 Å². The molecular formula is C14H15BrN2O3. The lowest BCUT2D eigenvalue weighted by Crippen LogP contribution is -2.15. The van der Waals surface area contributed by atoms with Crippen molar-refractivity contribution in [2.24, 2.45) is 0 Å². The van der Waals surface area contributed by atoms with E-state index in [0.29, 0.717) is 29.1 Å². The number of aromatic nitrogens is 2. The lowest BCUT2D eigenvalue weighted by Gasteiger charge is -2.07. The first-order chi connectivity index (χ1) is 9.56. The van der Waals surface area contributed by atoms with E-state index in [1.54, 1.807) is 25.3 Å². The summed E-state index contributed by atoms with van der Waals surface area (Å²) in [6.45, 7) is 1.94. The number of nitrogens with zero attached hydrogens (tertiary/aromatic N) is 1. The van der Waals surface area contributed by atoms with Gasteiger partial charge in [0.1, 0.15) is 11.6 Å². The van der Waals surface area contributed by atoms with E-state index in [1.807, 2.05) is 6.92 Å². The van der Waals surface area contributed by atoms with Crippen LogP contribution in [0.15, 0.2) is 27.5 Å². The molecule has 0 aliphatic rings. The third-order valence-corrected chi connectivity index (χ3v) is 3.54. The van der Waals surface area contributed by atoms with Crippen LogP contribution in [-0.4, -0.2) is 22.2 Å². The number of benzene rings is 1. The van der Waals surface area contributed by atoms with E-state index in [9.17, 15) is 9.90 Å². The Morgan fingerprint density at radius 3 is 2.75 bits per heavy atom. The number of ether oxygens (including phenoxy) is 1. The number of aromatic amines is 1. The van der Waals surface area contributed by atoms with Crippen LogP contribution in [0.5, 0.6) is 11.6 Å². The minimum atomic E-state index is -0.304. The van der Waals surface area contributed by atoms with E-state index in [0.717, 1.165) is 10.9 Å². The van der Waals surface area contributed by atoms with Crippen LogP contribution in [0.3, 0.4) is 0 Å². The van der Waals surface area contributed by atoms with Gasteiger partial charge in [0.25, 0.3) is 5.56 Å². The largest absolute Gasteiger partial charge is 0.496 e. The molecule has 0 fully saturated rings. The molecule has 2 aromatic rings. The average molecular weight is 339 g/mol. The number of hydrogen-bond acceptors (Lipinski definition) is 4. The number of H-pyrrole nitrogens is 1. The number of methoxy groups -OCH3 is 1. The Bertz CT molecular complexity index is 683. The van der Waals surface area contributed by atoms with Gasteiger partial charge in [0.15, 0.2) is 0 Å². The highest BCUT2D eigenvalue weighted by Gasteiger charge is 2.12. The van der Waals surface area contributed by atoms with Gasteiger partial charge in [-0.3, -0.25) is 4.79 Å². The average Bonchev–Trinajstić information content (AvgIpc) is 2.42. The molecule has 0 radical (unpaired) electrons. The van der Waals surface area contributed by atoms with Crippen molar-refractivity contribution in [3.8, 4) is 23.0 Å². The molecule has 0 unspecified atom stereocenters. The molecule has 1 aromatic carbocycles. The molecule has 0 bridgehead atoms. The van der Waals surface area contributed by atoms with Crippen molar-refractivity contribution in [1.82, 2.24) is 9.97 Å². The van der Waals surface area contributed by atoms with Gasteiger partial charge in [-0.05, 0) is 40.5 Å². The molecule has 0 aliphatic carbocycles. The van der Waals surface area contributed by atoms with Crippen LogP contribution in [-0.2, 0) is 6.42 Å². The van der Waals surface area contributed by atoms with E-state index in [1.165, 1.54) is 0 Å². The van der Waals surface area contributed by atoms with Crippen LogP contribution in [0.4, 0.5) is 0 Å². The fourth-order valence-electron chi connectivity index (χ4n) is 1.91. The molecule has 2 N–H and O–H groups in total. The first kappa shape index (κ1) is 14.6. The second-order valence-electron chi connectivity index (χ2n) is 4.32. The van der Waals surface area contributed by atoms with E-state index in [4.69, 9.17) is 4.74 Å². The van der Waals surface area contributed by atoms with Crippen molar-refractivity contribution >= 4 is 15.9 Å². The monoisotopic (exact) mass is 338 g/mol. The quantitative estimate of drug-likeness (QED) is 0.898. The predicted octanol–water partition coefficient (Wildman–Crippen LogP) is 2.87. The number of rotatable bonds is 4. The number of halogens is 1. The van der Waals surface area contributed by atoms with Gasteiger partial charge in [-0.15, -0.1) is 0 Å². The maximum atomic E-state index is 11.9. The van der Waals surface area contributed by atoms with E-state index in [2.05, 4.69) is 25.9 Å². The molecule has 0 spiro atoms. The topological polar surface area (TPSA) is 75.2 Å². The first-order valence-electron chi connectivity index (χ1n) is 6.22. The Morgan fingerprint density at radius 2 is 2.20 bits per heavy atom. The Labute approximate surface area is 124 Å². The summed E-state index contributed by atoms with van der Waals surface area (Å²) in [6, 6.07) is 5.30. The van der Waals surface area contributed by atoms with Gasteiger partial charge in [-0.25, -0.2) is 0 Å².